The van der Waals surface area contributed by atoms with E-state index in [2.05, 4.69) is 24.9 Å². The molecule has 0 saturated heterocycles. The summed E-state index contributed by atoms with van der Waals surface area (Å²) >= 11 is 0. The highest BCUT2D eigenvalue weighted by atomic mass is 16.5. The molecule has 1 aromatic rings. The highest BCUT2D eigenvalue weighted by Crippen LogP contribution is 2.38. The molecule has 0 spiro atoms. The Labute approximate surface area is 84.6 Å². The fourth-order valence-corrected chi connectivity index (χ4v) is 1.82. The molecule has 1 aromatic carbocycles. The Balaban J connectivity index is 2.41. The summed E-state index contributed by atoms with van der Waals surface area (Å²) in [5.41, 5.74) is 2.38. The molecule has 0 fully saturated rings. The lowest BCUT2D eigenvalue weighted by Gasteiger charge is -2.13. The van der Waals surface area contributed by atoms with Crippen LogP contribution in [-0.4, -0.2) is 13.3 Å². The van der Waals surface area contributed by atoms with Crippen LogP contribution in [0.4, 0.5) is 5.69 Å². The van der Waals surface area contributed by atoms with Crippen molar-refractivity contribution in [3.8, 4) is 5.75 Å². The third-order valence-corrected chi connectivity index (χ3v) is 2.69. The summed E-state index contributed by atoms with van der Waals surface area (Å²) in [6.45, 7) is 4.43. The first-order chi connectivity index (χ1) is 6.72. The molecule has 0 saturated carbocycles. The fraction of sp³-hybridized carbons (Fsp3) is 0.417. The molecular weight excluding hydrogens is 174 g/mol. The third-order valence-electron chi connectivity index (χ3n) is 2.69. The minimum Gasteiger partial charge on any atom is -0.497 e. The predicted octanol–water partition coefficient (Wildman–Crippen LogP) is 3.15. The van der Waals surface area contributed by atoms with Crippen LogP contribution in [0.2, 0.25) is 0 Å². The van der Waals surface area contributed by atoms with Crippen LogP contribution >= 0.6 is 0 Å². The lowest BCUT2D eigenvalue weighted by molar-refractivity contribution is 0.414. The van der Waals surface area contributed by atoms with Crippen molar-refractivity contribution in [3.05, 3.63) is 23.8 Å². The van der Waals surface area contributed by atoms with Crippen LogP contribution in [0.1, 0.15) is 25.3 Å². The van der Waals surface area contributed by atoms with Gasteiger partial charge in [-0.05, 0) is 29.7 Å². The second-order valence-corrected chi connectivity index (χ2v) is 3.97. The highest BCUT2D eigenvalue weighted by molar-refractivity contribution is 5.81. The number of methoxy groups -OCH3 is 1. The predicted molar refractivity (Wildman–Crippen MR) is 58.7 cm³/mol. The van der Waals surface area contributed by atoms with Gasteiger partial charge in [0.25, 0.3) is 0 Å². The van der Waals surface area contributed by atoms with Crippen LogP contribution in [-0.2, 0) is 0 Å². The van der Waals surface area contributed by atoms with Crippen molar-refractivity contribution in [3.63, 3.8) is 0 Å². The van der Waals surface area contributed by atoms with Gasteiger partial charge in [-0.2, -0.15) is 0 Å². The van der Waals surface area contributed by atoms with Crippen molar-refractivity contribution < 1.29 is 4.74 Å². The van der Waals surface area contributed by atoms with E-state index in [0.717, 1.165) is 11.4 Å². The average molecular weight is 189 g/mol. The highest BCUT2D eigenvalue weighted by Gasteiger charge is 2.21. The van der Waals surface area contributed by atoms with E-state index in [0.29, 0.717) is 11.8 Å². The number of fused-ring (bicyclic) bond motifs is 1. The summed E-state index contributed by atoms with van der Waals surface area (Å²) in [6, 6.07) is 6.07. The van der Waals surface area contributed by atoms with E-state index in [4.69, 9.17) is 4.74 Å². The van der Waals surface area contributed by atoms with Crippen molar-refractivity contribution in [1.29, 1.82) is 0 Å². The molecule has 1 heterocycles. The molecule has 0 aliphatic carbocycles. The first-order valence-electron chi connectivity index (χ1n) is 4.94. The number of aliphatic imine (C=N–C) groups is 1. The molecule has 1 aliphatic rings. The first kappa shape index (κ1) is 9.25. The van der Waals surface area contributed by atoms with Crippen LogP contribution in [0.3, 0.4) is 0 Å². The van der Waals surface area contributed by atoms with Crippen molar-refractivity contribution in [2.75, 3.05) is 7.11 Å². The van der Waals surface area contributed by atoms with Gasteiger partial charge in [-0.25, -0.2) is 0 Å². The summed E-state index contributed by atoms with van der Waals surface area (Å²) in [4.78, 5) is 4.40. The first-order valence-corrected chi connectivity index (χ1v) is 4.94. The summed E-state index contributed by atoms with van der Waals surface area (Å²) in [5.74, 6) is 1.95. The van der Waals surface area contributed by atoms with Gasteiger partial charge < -0.3 is 4.74 Å². The average Bonchev–Trinajstić information content (AvgIpc) is 2.59. The van der Waals surface area contributed by atoms with Crippen molar-refractivity contribution in [1.82, 2.24) is 0 Å². The van der Waals surface area contributed by atoms with E-state index < -0.39 is 0 Å². The summed E-state index contributed by atoms with van der Waals surface area (Å²) in [5, 5.41) is 0. The number of ether oxygens (including phenoxy) is 1. The molecule has 1 atom stereocenters. The fourth-order valence-electron chi connectivity index (χ4n) is 1.82. The van der Waals surface area contributed by atoms with Crippen molar-refractivity contribution in [2.45, 2.75) is 19.8 Å². The van der Waals surface area contributed by atoms with Crippen molar-refractivity contribution >= 4 is 11.9 Å². The molecule has 0 aromatic heterocycles. The monoisotopic (exact) mass is 189 g/mol. The van der Waals surface area contributed by atoms with Gasteiger partial charge in [0.05, 0.1) is 12.8 Å². The zero-order valence-electron chi connectivity index (χ0n) is 8.82. The standard InChI is InChI=1S/C12H15NO/c1-8(2)11-7-13-12-5-4-9(14-3)6-10(11)12/h4-8,11H,1-3H3. The third kappa shape index (κ3) is 1.41. The minimum atomic E-state index is 0.445. The second kappa shape index (κ2) is 3.45. The largest absolute Gasteiger partial charge is 0.497 e. The van der Waals surface area contributed by atoms with Crippen LogP contribution in [0.25, 0.3) is 0 Å². The number of hydrogen-bond donors (Lipinski definition) is 0. The van der Waals surface area contributed by atoms with Gasteiger partial charge in [0.15, 0.2) is 0 Å². The molecule has 2 heteroatoms. The minimum absolute atomic E-state index is 0.445. The SMILES string of the molecule is COc1ccc2c(c1)C(C(C)C)C=N2. The smallest absolute Gasteiger partial charge is 0.119 e. The zero-order valence-corrected chi connectivity index (χ0v) is 8.82. The number of hydrogen-bond acceptors (Lipinski definition) is 2. The summed E-state index contributed by atoms with van der Waals surface area (Å²) in [7, 11) is 1.70. The summed E-state index contributed by atoms with van der Waals surface area (Å²) in [6.07, 6.45) is 2.04. The van der Waals surface area contributed by atoms with Crippen LogP contribution < -0.4 is 4.74 Å². The van der Waals surface area contributed by atoms with Gasteiger partial charge in [0.1, 0.15) is 5.75 Å². The van der Waals surface area contributed by atoms with E-state index >= 15 is 0 Å². The molecular formula is C12H15NO. The second-order valence-electron chi connectivity index (χ2n) is 3.97. The molecule has 1 unspecified atom stereocenters. The van der Waals surface area contributed by atoms with E-state index in [1.165, 1.54) is 5.56 Å². The van der Waals surface area contributed by atoms with E-state index in [1.807, 2.05) is 18.3 Å². The summed E-state index contributed by atoms with van der Waals surface area (Å²) < 4.78 is 5.21. The normalized spacial score (nSPS) is 18.7. The molecule has 0 N–H and O–H groups in total. The Hall–Kier alpha value is -1.31. The van der Waals surface area contributed by atoms with Crippen LogP contribution in [0, 0.1) is 5.92 Å². The quantitative estimate of drug-likeness (QED) is 0.700. The van der Waals surface area contributed by atoms with E-state index in [9.17, 15) is 0 Å². The van der Waals surface area contributed by atoms with Gasteiger partial charge in [-0.15, -0.1) is 0 Å². The van der Waals surface area contributed by atoms with Gasteiger partial charge in [0.2, 0.25) is 0 Å². The Morgan fingerprint density at radius 1 is 1.36 bits per heavy atom. The number of nitrogens with zero attached hydrogens (tertiary/aromatic N) is 1. The van der Waals surface area contributed by atoms with Gasteiger partial charge in [-0.1, -0.05) is 13.8 Å². The van der Waals surface area contributed by atoms with Crippen LogP contribution in [0.15, 0.2) is 23.2 Å². The molecule has 2 rings (SSSR count). The molecule has 1 aliphatic heterocycles. The Bertz CT molecular complexity index is 369. The molecule has 74 valence electrons. The maximum atomic E-state index is 5.21. The molecule has 0 radical (unpaired) electrons. The van der Waals surface area contributed by atoms with Crippen molar-refractivity contribution in [2.24, 2.45) is 10.9 Å². The molecule has 0 amide bonds. The lowest BCUT2D eigenvalue weighted by atomic mass is 9.90. The molecule has 14 heavy (non-hydrogen) atoms. The van der Waals surface area contributed by atoms with Crippen LogP contribution in [0.5, 0.6) is 5.75 Å². The number of benzene rings is 1. The maximum absolute atomic E-state index is 5.21. The Morgan fingerprint density at radius 2 is 2.14 bits per heavy atom. The Kier molecular flexibility index (Phi) is 2.28. The van der Waals surface area contributed by atoms with Gasteiger partial charge >= 0.3 is 0 Å². The van der Waals surface area contributed by atoms with E-state index in [1.54, 1.807) is 7.11 Å². The number of rotatable bonds is 2. The topological polar surface area (TPSA) is 21.6 Å². The lowest BCUT2D eigenvalue weighted by Crippen LogP contribution is -2.04. The Morgan fingerprint density at radius 3 is 2.79 bits per heavy atom. The zero-order chi connectivity index (χ0) is 10.1. The van der Waals surface area contributed by atoms with E-state index in [-0.39, 0.29) is 0 Å². The van der Waals surface area contributed by atoms with Gasteiger partial charge in [0, 0.05) is 12.1 Å². The van der Waals surface area contributed by atoms with Gasteiger partial charge in [-0.3, -0.25) is 4.99 Å². The molecule has 2 nitrogen and oxygen atoms in total. The maximum Gasteiger partial charge on any atom is 0.119 e. The molecule has 0 bridgehead atoms.